The minimum absolute atomic E-state index is 0.0359. The van der Waals surface area contributed by atoms with Gasteiger partial charge in [0.25, 0.3) is 0 Å². The number of methoxy groups -OCH3 is 1. The molecule has 160 valence electrons. The Morgan fingerprint density at radius 1 is 1.07 bits per heavy atom. The Labute approximate surface area is 177 Å². The molecule has 1 unspecified atom stereocenters. The zero-order valence-corrected chi connectivity index (χ0v) is 17.6. The third-order valence-corrected chi connectivity index (χ3v) is 5.26. The van der Waals surface area contributed by atoms with E-state index in [1.807, 2.05) is 49.4 Å². The Hall–Kier alpha value is -3.06. The van der Waals surface area contributed by atoms with Gasteiger partial charge in [0.05, 0.1) is 19.7 Å². The molecule has 3 N–H and O–H groups in total. The van der Waals surface area contributed by atoms with E-state index in [9.17, 15) is 9.59 Å². The maximum atomic E-state index is 12.4. The van der Waals surface area contributed by atoms with E-state index in [-0.39, 0.29) is 18.5 Å². The van der Waals surface area contributed by atoms with Gasteiger partial charge < -0.3 is 20.7 Å². The number of aryl methyl sites for hydroxylation is 1. The number of benzene rings is 2. The molecule has 30 heavy (non-hydrogen) atoms. The van der Waals surface area contributed by atoms with Crippen molar-refractivity contribution in [3.8, 4) is 5.75 Å². The molecule has 1 aliphatic heterocycles. The molecule has 3 rings (SSSR count). The molecular formula is C23H30N4O3. The second-order valence-corrected chi connectivity index (χ2v) is 7.48. The fraction of sp³-hybridized carbons (Fsp3) is 0.391. The van der Waals surface area contributed by atoms with Crippen molar-refractivity contribution >= 4 is 17.6 Å². The van der Waals surface area contributed by atoms with Crippen LogP contribution in [0.1, 0.15) is 30.0 Å². The van der Waals surface area contributed by atoms with Crippen LogP contribution in [0.25, 0.3) is 0 Å². The van der Waals surface area contributed by atoms with Gasteiger partial charge in [-0.05, 0) is 56.6 Å². The van der Waals surface area contributed by atoms with Crippen LogP contribution in [0, 0.1) is 6.92 Å². The summed E-state index contributed by atoms with van der Waals surface area (Å²) in [7, 11) is 1.66. The molecule has 2 aromatic carbocycles. The normalized spacial score (nSPS) is 14.7. The molecule has 7 nitrogen and oxygen atoms in total. The van der Waals surface area contributed by atoms with Gasteiger partial charge in [0.2, 0.25) is 5.91 Å². The second kappa shape index (κ2) is 10.6. The average Bonchev–Trinajstić information content (AvgIpc) is 3.27. The van der Waals surface area contributed by atoms with E-state index in [1.165, 1.54) is 0 Å². The molecule has 1 saturated heterocycles. The highest BCUT2D eigenvalue weighted by atomic mass is 16.5. The van der Waals surface area contributed by atoms with Gasteiger partial charge in [-0.25, -0.2) is 4.79 Å². The van der Waals surface area contributed by atoms with Gasteiger partial charge in [-0.1, -0.05) is 30.3 Å². The van der Waals surface area contributed by atoms with Crippen LogP contribution < -0.4 is 20.7 Å². The Bertz CT molecular complexity index is 865. The van der Waals surface area contributed by atoms with Crippen LogP contribution in [0.2, 0.25) is 0 Å². The van der Waals surface area contributed by atoms with Gasteiger partial charge >= 0.3 is 6.03 Å². The van der Waals surface area contributed by atoms with Gasteiger partial charge in [-0.15, -0.1) is 0 Å². The van der Waals surface area contributed by atoms with E-state index >= 15 is 0 Å². The first-order valence-corrected chi connectivity index (χ1v) is 10.3. The highest BCUT2D eigenvalue weighted by Crippen LogP contribution is 2.31. The summed E-state index contributed by atoms with van der Waals surface area (Å²) in [6.45, 7) is 4.32. The van der Waals surface area contributed by atoms with Crippen molar-refractivity contribution in [2.24, 2.45) is 0 Å². The summed E-state index contributed by atoms with van der Waals surface area (Å²) < 4.78 is 5.53. The summed E-state index contributed by atoms with van der Waals surface area (Å²) in [5.41, 5.74) is 2.81. The predicted octanol–water partition coefficient (Wildman–Crippen LogP) is 3.08. The van der Waals surface area contributed by atoms with Crippen LogP contribution in [-0.4, -0.2) is 50.1 Å². The fourth-order valence-electron chi connectivity index (χ4n) is 3.76. The molecule has 1 aliphatic rings. The maximum Gasteiger partial charge on any atom is 0.319 e. The van der Waals surface area contributed by atoms with E-state index in [2.05, 4.69) is 20.9 Å². The van der Waals surface area contributed by atoms with Gasteiger partial charge in [0, 0.05) is 17.8 Å². The number of urea groups is 1. The summed E-state index contributed by atoms with van der Waals surface area (Å²) in [6, 6.07) is 15.0. The number of ether oxygens (including phenoxy) is 1. The summed E-state index contributed by atoms with van der Waals surface area (Å²) in [4.78, 5) is 26.8. The number of rotatable bonds is 8. The highest BCUT2D eigenvalue weighted by molar-refractivity contribution is 5.92. The summed E-state index contributed by atoms with van der Waals surface area (Å²) in [6.07, 6.45) is 2.31. The van der Waals surface area contributed by atoms with Gasteiger partial charge in [-0.3, -0.25) is 9.69 Å². The van der Waals surface area contributed by atoms with Gasteiger partial charge in [-0.2, -0.15) is 0 Å². The summed E-state index contributed by atoms with van der Waals surface area (Å²) in [5, 5.41) is 8.30. The first kappa shape index (κ1) is 21.6. The topological polar surface area (TPSA) is 82.7 Å². The maximum absolute atomic E-state index is 12.4. The molecule has 0 aromatic heterocycles. The van der Waals surface area contributed by atoms with Gasteiger partial charge in [0.15, 0.2) is 0 Å². The van der Waals surface area contributed by atoms with E-state index < -0.39 is 6.03 Å². The lowest BCUT2D eigenvalue weighted by atomic mass is 10.0. The Morgan fingerprint density at radius 2 is 1.83 bits per heavy atom. The number of hydrogen-bond acceptors (Lipinski definition) is 4. The van der Waals surface area contributed by atoms with Crippen LogP contribution in [0.4, 0.5) is 10.5 Å². The fourth-order valence-corrected chi connectivity index (χ4v) is 3.76. The number of carbonyl (C=O) groups is 2. The minimum Gasteiger partial charge on any atom is -0.496 e. The van der Waals surface area contributed by atoms with Crippen LogP contribution in [0.15, 0.2) is 48.5 Å². The number of amides is 3. The Kier molecular flexibility index (Phi) is 7.68. The number of carbonyl (C=O) groups excluding carboxylic acids is 2. The lowest BCUT2D eigenvalue weighted by Gasteiger charge is -2.29. The average molecular weight is 411 g/mol. The van der Waals surface area contributed by atoms with E-state index in [0.717, 1.165) is 42.8 Å². The second-order valence-electron chi connectivity index (χ2n) is 7.48. The molecule has 0 bridgehead atoms. The van der Waals surface area contributed by atoms with Crippen molar-refractivity contribution in [2.75, 3.05) is 38.6 Å². The zero-order valence-electron chi connectivity index (χ0n) is 17.6. The number of para-hydroxylation sites is 1. The molecule has 2 aromatic rings. The van der Waals surface area contributed by atoms with Crippen molar-refractivity contribution in [3.05, 3.63) is 59.7 Å². The monoisotopic (exact) mass is 410 g/mol. The standard InChI is InChI=1S/C23H30N4O3/c1-17-8-7-9-18(14-17)26-23(29)25-16-22(28)24-15-20(27-12-5-6-13-27)19-10-3-4-11-21(19)30-2/h3-4,7-11,14,20H,5-6,12-13,15-16H2,1-2H3,(H,24,28)(H2,25,26,29). The molecule has 1 fully saturated rings. The van der Waals surface area contributed by atoms with Crippen LogP contribution in [0.3, 0.4) is 0 Å². The lowest BCUT2D eigenvalue weighted by molar-refractivity contribution is -0.120. The number of likely N-dealkylation sites (tertiary alicyclic amines) is 1. The zero-order chi connectivity index (χ0) is 21.3. The molecule has 1 atom stereocenters. The number of nitrogens with one attached hydrogen (secondary N) is 3. The minimum atomic E-state index is -0.406. The van der Waals surface area contributed by atoms with Gasteiger partial charge in [0.1, 0.15) is 5.75 Å². The van der Waals surface area contributed by atoms with Crippen molar-refractivity contribution in [1.29, 1.82) is 0 Å². The smallest absolute Gasteiger partial charge is 0.319 e. The summed E-state index contributed by atoms with van der Waals surface area (Å²) >= 11 is 0. The third-order valence-electron chi connectivity index (χ3n) is 5.26. The number of anilines is 1. The first-order chi connectivity index (χ1) is 14.6. The van der Waals surface area contributed by atoms with E-state index in [4.69, 9.17) is 4.74 Å². The molecule has 1 heterocycles. The van der Waals surface area contributed by atoms with E-state index in [0.29, 0.717) is 12.2 Å². The molecule has 7 heteroatoms. The van der Waals surface area contributed by atoms with Crippen LogP contribution >= 0.6 is 0 Å². The lowest BCUT2D eigenvalue weighted by Crippen LogP contribution is -2.42. The third kappa shape index (κ3) is 5.97. The Balaban J connectivity index is 1.53. The SMILES string of the molecule is COc1ccccc1C(CNC(=O)CNC(=O)Nc1cccc(C)c1)N1CCCC1. The number of nitrogens with zero attached hydrogens (tertiary/aromatic N) is 1. The molecular weight excluding hydrogens is 380 g/mol. The van der Waals surface area contributed by atoms with Crippen molar-refractivity contribution in [3.63, 3.8) is 0 Å². The highest BCUT2D eigenvalue weighted by Gasteiger charge is 2.26. The quantitative estimate of drug-likeness (QED) is 0.625. The van der Waals surface area contributed by atoms with Crippen LogP contribution in [-0.2, 0) is 4.79 Å². The van der Waals surface area contributed by atoms with Crippen molar-refractivity contribution in [2.45, 2.75) is 25.8 Å². The molecule has 3 amide bonds. The summed E-state index contributed by atoms with van der Waals surface area (Å²) in [5.74, 6) is 0.591. The first-order valence-electron chi connectivity index (χ1n) is 10.3. The van der Waals surface area contributed by atoms with Crippen LogP contribution in [0.5, 0.6) is 5.75 Å². The van der Waals surface area contributed by atoms with Crippen molar-refractivity contribution in [1.82, 2.24) is 15.5 Å². The van der Waals surface area contributed by atoms with Crippen molar-refractivity contribution < 1.29 is 14.3 Å². The molecule has 0 radical (unpaired) electrons. The Morgan fingerprint density at radius 3 is 2.57 bits per heavy atom. The largest absolute Gasteiger partial charge is 0.496 e. The predicted molar refractivity (Wildman–Crippen MR) is 118 cm³/mol. The van der Waals surface area contributed by atoms with E-state index in [1.54, 1.807) is 13.2 Å². The molecule has 0 spiro atoms. The molecule has 0 aliphatic carbocycles. The molecule has 0 saturated carbocycles. The number of hydrogen-bond donors (Lipinski definition) is 3.